The Morgan fingerprint density at radius 3 is 2.31 bits per heavy atom. The zero-order valence-electron chi connectivity index (χ0n) is 11.2. The van der Waals surface area contributed by atoms with Crippen molar-refractivity contribution in [2.75, 3.05) is 0 Å². The van der Waals surface area contributed by atoms with Crippen LogP contribution in [0.15, 0.2) is 0 Å². The minimum absolute atomic E-state index is 0.0294. The SMILES string of the molecule is CCC(C)(C)n1nnnc1CNC(C)(C)C. The van der Waals surface area contributed by atoms with Gasteiger partial charge in [-0.2, -0.15) is 0 Å². The largest absolute Gasteiger partial charge is 0.305 e. The molecule has 0 aromatic carbocycles. The summed E-state index contributed by atoms with van der Waals surface area (Å²) in [6, 6.07) is 0. The molecule has 0 amide bonds. The van der Waals surface area contributed by atoms with Gasteiger partial charge in [0.15, 0.2) is 5.82 Å². The number of tetrazole rings is 1. The lowest BCUT2D eigenvalue weighted by atomic mass is 10.0. The summed E-state index contributed by atoms with van der Waals surface area (Å²) in [4.78, 5) is 0. The second-order valence-corrected chi connectivity index (χ2v) is 5.78. The van der Waals surface area contributed by atoms with E-state index in [0.717, 1.165) is 12.2 Å². The lowest BCUT2D eigenvalue weighted by Gasteiger charge is -2.25. The van der Waals surface area contributed by atoms with Gasteiger partial charge in [0.25, 0.3) is 0 Å². The van der Waals surface area contributed by atoms with Crippen molar-refractivity contribution in [2.45, 2.75) is 65.6 Å². The molecule has 92 valence electrons. The lowest BCUT2D eigenvalue weighted by Crippen LogP contribution is -2.37. The third kappa shape index (κ3) is 3.27. The van der Waals surface area contributed by atoms with Crippen LogP contribution < -0.4 is 5.32 Å². The fourth-order valence-electron chi connectivity index (χ4n) is 1.28. The van der Waals surface area contributed by atoms with Crippen molar-refractivity contribution in [1.29, 1.82) is 0 Å². The molecule has 0 aliphatic carbocycles. The highest BCUT2D eigenvalue weighted by Gasteiger charge is 2.23. The van der Waals surface area contributed by atoms with E-state index in [0.29, 0.717) is 6.54 Å². The molecule has 1 aromatic heterocycles. The van der Waals surface area contributed by atoms with Crippen LogP contribution in [0.25, 0.3) is 0 Å². The average molecular weight is 225 g/mol. The Morgan fingerprint density at radius 1 is 1.19 bits per heavy atom. The predicted molar refractivity (Wildman–Crippen MR) is 64.0 cm³/mol. The standard InChI is InChI=1S/C11H23N5/c1-7-11(5,6)16-9(13-14-15-16)8-12-10(2,3)4/h12H,7-8H2,1-6H3. The normalized spacial score (nSPS) is 13.1. The molecule has 0 spiro atoms. The fraction of sp³-hybridized carbons (Fsp3) is 0.909. The molecule has 0 unspecified atom stereocenters. The summed E-state index contributed by atoms with van der Waals surface area (Å²) in [5.74, 6) is 0.891. The summed E-state index contributed by atoms with van der Waals surface area (Å²) >= 11 is 0. The topological polar surface area (TPSA) is 55.6 Å². The van der Waals surface area contributed by atoms with Gasteiger partial charge in [-0.05, 0) is 51.5 Å². The van der Waals surface area contributed by atoms with Crippen molar-refractivity contribution < 1.29 is 0 Å². The van der Waals surface area contributed by atoms with Crippen LogP contribution in [0.1, 0.15) is 53.8 Å². The zero-order valence-corrected chi connectivity index (χ0v) is 11.2. The van der Waals surface area contributed by atoms with Crippen LogP contribution in [0.5, 0.6) is 0 Å². The maximum atomic E-state index is 4.07. The fourth-order valence-corrected chi connectivity index (χ4v) is 1.28. The summed E-state index contributed by atoms with van der Waals surface area (Å²) < 4.78 is 1.91. The van der Waals surface area contributed by atoms with Crippen LogP contribution in [0, 0.1) is 0 Å². The first kappa shape index (κ1) is 13.1. The van der Waals surface area contributed by atoms with Crippen molar-refractivity contribution in [3.05, 3.63) is 5.82 Å². The summed E-state index contributed by atoms with van der Waals surface area (Å²) in [5, 5.41) is 15.3. The van der Waals surface area contributed by atoms with E-state index in [1.807, 2.05) is 4.68 Å². The van der Waals surface area contributed by atoms with Gasteiger partial charge < -0.3 is 5.32 Å². The second kappa shape index (κ2) is 4.49. The van der Waals surface area contributed by atoms with Gasteiger partial charge in [0.05, 0.1) is 12.1 Å². The van der Waals surface area contributed by atoms with Crippen LogP contribution in [0.4, 0.5) is 0 Å². The number of hydrogen-bond acceptors (Lipinski definition) is 4. The summed E-state index contributed by atoms with van der Waals surface area (Å²) in [6.45, 7) is 13.5. The number of nitrogens with one attached hydrogen (secondary N) is 1. The van der Waals surface area contributed by atoms with Gasteiger partial charge in [0, 0.05) is 5.54 Å². The van der Waals surface area contributed by atoms with Gasteiger partial charge in [0.1, 0.15) is 0 Å². The van der Waals surface area contributed by atoms with Gasteiger partial charge in [-0.25, -0.2) is 4.68 Å². The molecule has 0 saturated carbocycles. The quantitative estimate of drug-likeness (QED) is 0.847. The third-order valence-corrected chi connectivity index (χ3v) is 2.75. The molecule has 0 radical (unpaired) electrons. The van der Waals surface area contributed by atoms with Gasteiger partial charge in [-0.3, -0.25) is 0 Å². The molecule has 0 saturated heterocycles. The molecule has 5 nitrogen and oxygen atoms in total. The van der Waals surface area contributed by atoms with E-state index in [-0.39, 0.29) is 11.1 Å². The van der Waals surface area contributed by atoms with Crippen molar-refractivity contribution in [3.8, 4) is 0 Å². The molecular weight excluding hydrogens is 202 g/mol. The highest BCUT2D eigenvalue weighted by Crippen LogP contribution is 2.18. The van der Waals surface area contributed by atoms with Gasteiger partial charge in [-0.15, -0.1) is 5.10 Å². The van der Waals surface area contributed by atoms with Crippen molar-refractivity contribution in [2.24, 2.45) is 0 Å². The molecule has 5 heteroatoms. The summed E-state index contributed by atoms with van der Waals surface area (Å²) in [5.41, 5.74) is 0.0472. The van der Waals surface area contributed by atoms with Crippen LogP contribution in [0.3, 0.4) is 0 Å². The molecule has 1 heterocycles. The lowest BCUT2D eigenvalue weighted by molar-refractivity contribution is 0.284. The smallest absolute Gasteiger partial charge is 0.165 e. The monoisotopic (exact) mass is 225 g/mol. The van der Waals surface area contributed by atoms with Crippen LogP contribution >= 0.6 is 0 Å². The first-order chi connectivity index (χ1) is 7.26. The van der Waals surface area contributed by atoms with Gasteiger partial charge in [-0.1, -0.05) is 6.92 Å². The highest BCUT2D eigenvalue weighted by molar-refractivity contribution is 4.89. The number of nitrogens with zero attached hydrogens (tertiary/aromatic N) is 4. The van der Waals surface area contributed by atoms with Gasteiger partial charge >= 0.3 is 0 Å². The van der Waals surface area contributed by atoms with E-state index in [4.69, 9.17) is 0 Å². The Balaban J connectivity index is 2.79. The molecule has 1 N–H and O–H groups in total. The second-order valence-electron chi connectivity index (χ2n) is 5.78. The van der Waals surface area contributed by atoms with E-state index in [1.165, 1.54) is 0 Å². The van der Waals surface area contributed by atoms with Crippen molar-refractivity contribution in [3.63, 3.8) is 0 Å². The van der Waals surface area contributed by atoms with Crippen molar-refractivity contribution in [1.82, 2.24) is 25.5 Å². The number of rotatable bonds is 4. The molecule has 1 aromatic rings. The van der Waals surface area contributed by atoms with Gasteiger partial charge in [0.2, 0.25) is 0 Å². The first-order valence-corrected chi connectivity index (χ1v) is 5.79. The molecule has 0 aliphatic heterocycles. The van der Waals surface area contributed by atoms with E-state index >= 15 is 0 Å². The molecule has 0 fully saturated rings. The minimum atomic E-state index is -0.0294. The van der Waals surface area contributed by atoms with Crippen LogP contribution in [-0.2, 0) is 12.1 Å². The summed E-state index contributed by atoms with van der Waals surface area (Å²) in [7, 11) is 0. The molecule has 16 heavy (non-hydrogen) atoms. The van der Waals surface area contributed by atoms with Crippen molar-refractivity contribution >= 4 is 0 Å². The maximum absolute atomic E-state index is 4.07. The van der Waals surface area contributed by atoms with Crippen LogP contribution in [0.2, 0.25) is 0 Å². The van der Waals surface area contributed by atoms with E-state index in [9.17, 15) is 0 Å². The van der Waals surface area contributed by atoms with E-state index < -0.39 is 0 Å². The molecular formula is C11H23N5. The third-order valence-electron chi connectivity index (χ3n) is 2.75. The Kier molecular flexibility index (Phi) is 3.68. The number of hydrogen-bond donors (Lipinski definition) is 1. The Bertz CT molecular complexity index is 334. The van der Waals surface area contributed by atoms with E-state index in [1.54, 1.807) is 0 Å². The maximum Gasteiger partial charge on any atom is 0.165 e. The average Bonchev–Trinajstić information content (AvgIpc) is 2.62. The van der Waals surface area contributed by atoms with Crippen LogP contribution in [-0.4, -0.2) is 25.7 Å². The predicted octanol–water partition coefficient (Wildman–Crippen LogP) is 1.71. The molecule has 0 aliphatic rings. The zero-order chi connectivity index (χ0) is 12.4. The number of aromatic nitrogens is 4. The molecule has 0 atom stereocenters. The summed E-state index contributed by atoms with van der Waals surface area (Å²) in [6.07, 6.45) is 1.00. The van der Waals surface area contributed by atoms with E-state index in [2.05, 4.69) is 62.4 Å². The highest BCUT2D eigenvalue weighted by atomic mass is 15.6. The Labute approximate surface area is 97.6 Å². The molecule has 1 rings (SSSR count). The first-order valence-electron chi connectivity index (χ1n) is 5.79. The molecule has 0 bridgehead atoms. The minimum Gasteiger partial charge on any atom is -0.305 e. The Morgan fingerprint density at radius 2 is 1.81 bits per heavy atom. The Hall–Kier alpha value is -0.970.